The van der Waals surface area contributed by atoms with E-state index < -0.39 is 0 Å². The fraction of sp³-hybridized carbons (Fsp3) is 0.190. The van der Waals surface area contributed by atoms with Crippen LogP contribution < -0.4 is 5.32 Å². The van der Waals surface area contributed by atoms with Gasteiger partial charge in [-0.05, 0) is 38.0 Å². The molecule has 0 aliphatic carbocycles. The van der Waals surface area contributed by atoms with E-state index in [0.29, 0.717) is 24.1 Å². The predicted octanol–water partition coefficient (Wildman–Crippen LogP) is 4.89. The van der Waals surface area contributed by atoms with Crippen LogP contribution in [0.4, 0.5) is 5.69 Å². The zero-order valence-corrected chi connectivity index (χ0v) is 15.6. The number of rotatable bonds is 6. The number of hydrogen-bond acceptors (Lipinski definition) is 4. The van der Waals surface area contributed by atoms with Crippen LogP contribution in [-0.4, -0.2) is 16.7 Å². The van der Waals surface area contributed by atoms with Gasteiger partial charge in [-0.1, -0.05) is 36.4 Å². The van der Waals surface area contributed by atoms with Gasteiger partial charge in [0.1, 0.15) is 5.01 Å². The highest BCUT2D eigenvalue weighted by Crippen LogP contribution is 2.27. The van der Waals surface area contributed by atoms with Crippen molar-refractivity contribution in [2.75, 3.05) is 5.32 Å². The quantitative estimate of drug-likeness (QED) is 0.633. The fourth-order valence-corrected chi connectivity index (χ4v) is 3.58. The first kappa shape index (κ1) is 18.0. The summed E-state index contributed by atoms with van der Waals surface area (Å²) in [6.07, 6.45) is 0.932. The molecule has 132 valence electrons. The maximum Gasteiger partial charge on any atom is 0.224 e. The molecule has 1 N–H and O–H groups in total. The molecule has 0 atom stereocenters. The summed E-state index contributed by atoms with van der Waals surface area (Å²) in [5, 5.41) is 5.82. The van der Waals surface area contributed by atoms with Gasteiger partial charge < -0.3 is 5.32 Å². The lowest BCUT2D eigenvalue weighted by molar-refractivity contribution is -0.116. The van der Waals surface area contributed by atoms with Gasteiger partial charge in [-0.25, -0.2) is 4.98 Å². The second-order valence-corrected chi connectivity index (χ2v) is 7.00. The van der Waals surface area contributed by atoms with Crippen LogP contribution in [-0.2, 0) is 11.2 Å². The molecule has 0 saturated heterocycles. The molecule has 1 amide bonds. The standard InChI is InChI=1S/C21H20N2O2S/c1-14-6-3-4-9-19(14)21-23-18(13-26-21)10-11-20(25)22-17-8-5-7-16(12-17)15(2)24/h3-9,12-13H,10-11H2,1-2H3,(H,22,25). The Morgan fingerprint density at radius 1 is 1.12 bits per heavy atom. The van der Waals surface area contributed by atoms with E-state index in [2.05, 4.69) is 29.4 Å². The summed E-state index contributed by atoms with van der Waals surface area (Å²) in [4.78, 5) is 28.2. The van der Waals surface area contributed by atoms with Crippen LogP contribution in [0.2, 0.25) is 0 Å². The molecule has 26 heavy (non-hydrogen) atoms. The smallest absolute Gasteiger partial charge is 0.224 e. The molecule has 0 spiro atoms. The molecule has 4 nitrogen and oxygen atoms in total. The number of ketones is 1. The predicted molar refractivity (Wildman–Crippen MR) is 106 cm³/mol. The van der Waals surface area contributed by atoms with Crippen LogP contribution in [0.5, 0.6) is 0 Å². The average molecular weight is 364 g/mol. The van der Waals surface area contributed by atoms with Crippen LogP contribution in [0.1, 0.15) is 35.0 Å². The van der Waals surface area contributed by atoms with Crippen molar-refractivity contribution in [1.29, 1.82) is 0 Å². The molecule has 0 unspecified atom stereocenters. The number of Topliss-reactive ketones (excluding diaryl/α,β-unsaturated/α-hetero) is 1. The van der Waals surface area contributed by atoms with E-state index in [1.54, 1.807) is 35.6 Å². The number of nitrogens with zero attached hydrogens (tertiary/aromatic N) is 1. The number of aromatic nitrogens is 1. The van der Waals surface area contributed by atoms with Gasteiger partial charge in [0.15, 0.2) is 5.78 Å². The molecule has 0 aliphatic rings. The van der Waals surface area contributed by atoms with E-state index in [1.807, 2.05) is 17.5 Å². The molecular weight excluding hydrogens is 344 g/mol. The minimum Gasteiger partial charge on any atom is -0.326 e. The number of anilines is 1. The largest absolute Gasteiger partial charge is 0.326 e. The number of carbonyl (C=O) groups is 2. The molecule has 0 fully saturated rings. The summed E-state index contributed by atoms with van der Waals surface area (Å²) in [7, 11) is 0. The van der Waals surface area contributed by atoms with Crippen molar-refractivity contribution in [3.63, 3.8) is 0 Å². The molecule has 1 aromatic heterocycles. The third kappa shape index (κ3) is 4.43. The Morgan fingerprint density at radius 2 is 1.92 bits per heavy atom. The van der Waals surface area contributed by atoms with Gasteiger partial charge in [-0.2, -0.15) is 0 Å². The zero-order chi connectivity index (χ0) is 18.5. The van der Waals surface area contributed by atoms with Crippen LogP contribution in [0.25, 0.3) is 10.6 Å². The summed E-state index contributed by atoms with van der Waals surface area (Å²) in [5.74, 6) is -0.108. The van der Waals surface area contributed by atoms with Gasteiger partial charge in [-0.15, -0.1) is 11.3 Å². The summed E-state index contributed by atoms with van der Waals surface area (Å²) in [6, 6.07) is 15.1. The van der Waals surface area contributed by atoms with Crippen molar-refractivity contribution < 1.29 is 9.59 Å². The van der Waals surface area contributed by atoms with E-state index in [9.17, 15) is 9.59 Å². The van der Waals surface area contributed by atoms with Crippen molar-refractivity contribution in [2.24, 2.45) is 0 Å². The van der Waals surface area contributed by atoms with E-state index in [0.717, 1.165) is 16.3 Å². The van der Waals surface area contributed by atoms with Crippen molar-refractivity contribution in [2.45, 2.75) is 26.7 Å². The highest BCUT2D eigenvalue weighted by Gasteiger charge is 2.10. The Hall–Kier alpha value is -2.79. The van der Waals surface area contributed by atoms with Crippen molar-refractivity contribution in [1.82, 2.24) is 4.98 Å². The Morgan fingerprint density at radius 3 is 2.69 bits per heavy atom. The van der Waals surface area contributed by atoms with Crippen molar-refractivity contribution >= 4 is 28.7 Å². The molecule has 0 saturated carbocycles. The molecule has 3 aromatic rings. The first-order valence-corrected chi connectivity index (χ1v) is 9.32. The lowest BCUT2D eigenvalue weighted by Gasteiger charge is -2.06. The Labute approximate surface area is 156 Å². The SMILES string of the molecule is CC(=O)c1cccc(NC(=O)CCc2csc(-c3ccccc3C)n2)c1. The Kier molecular flexibility index (Phi) is 5.58. The van der Waals surface area contributed by atoms with E-state index in [1.165, 1.54) is 12.5 Å². The van der Waals surface area contributed by atoms with Gasteiger partial charge in [0.25, 0.3) is 0 Å². The highest BCUT2D eigenvalue weighted by atomic mass is 32.1. The minimum atomic E-state index is -0.0869. The van der Waals surface area contributed by atoms with Crippen molar-refractivity contribution in [3.8, 4) is 10.6 Å². The lowest BCUT2D eigenvalue weighted by atomic mass is 10.1. The molecule has 0 bridgehead atoms. The normalized spacial score (nSPS) is 10.5. The Bertz CT molecular complexity index is 946. The zero-order valence-electron chi connectivity index (χ0n) is 14.8. The third-order valence-electron chi connectivity index (χ3n) is 4.09. The van der Waals surface area contributed by atoms with E-state index in [-0.39, 0.29) is 11.7 Å². The first-order valence-electron chi connectivity index (χ1n) is 8.44. The number of amides is 1. The van der Waals surface area contributed by atoms with Gasteiger partial charge in [0, 0.05) is 28.6 Å². The monoisotopic (exact) mass is 364 g/mol. The fourth-order valence-electron chi connectivity index (χ4n) is 2.64. The van der Waals surface area contributed by atoms with Crippen LogP contribution in [0, 0.1) is 6.92 Å². The summed E-state index contributed by atoms with van der Waals surface area (Å²) < 4.78 is 0. The minimum absolute atomic E-state index is 0.0210. The molecular formula is C21H20N2O2S. The van der Waals surface area contributed by atoms with Crippen LogP contribution in [0.15, 0.2) is 53.9 Å². The maximum absolute atomic E-state index is 12.2. The first-order chi connectivity index (χ1) is 12.5. The van der Waals surface area contributed by atoms with Gasteiger partial charge in [0.2, 0.25) is 5.91 Å². The molecule has 0 aliphatic heterocycles. The summed E-state index contributed by atoms with van der Waals surface area (Å²) in [6.45, 7) is 3.58. The van der Waals surface area contributed by atoms with E-state index >= 15 is 0 Å². The second kappa shape index (κ2) is 8.06. The Balaban J connectivity index is 1.59. The molecule has 0 radical (unpaired) electrons. The number of carbonyl (C=O) groups excluding carboxylic acids is 2. The molecule has 1 heterocycles. The molecule has 3 rings (SSSR count). The summed E-state index contributed by atoms with van der Waals surface area (Å²) >= 11 is 1.60. The van der Waals surface area contributed by atoms with Crippen LogP contribution >= 0.6 is 11.3 Å². The van der Waals surface area contributed by atoms with Crippen molar-refractivity contribution in [3.05, 3.63) is 70.7 Å². The lowest BCUT2D eigenvalue weighted by Crippen LogP contribution is -2.12. The van der Waals surface area contributed by atoms with E-state index in [4.69, 9.17) is 0 Å². The van der Waals surface area contributed by atoms with Gasteiger partial charge in [0.05, 0.1) is 5.69 Å². The van der Waals surface area contributed by atoms with Crippen LogP contribution in [0.3, 0.4) is 0 Å². The topological polar surface area (TPSA) is 59.1 Å². The van der Waals surface area contributed by atoms with Gasteiger partial charge in [-0.3, -0.25) is 9.59 Å². The summed E-state index contributed by atoms with van der Waals surface area (Å²) in [5.41, 5.74) is 4.47. The third-order valence-corrected chi connectivity index (χ3v) is 5.01. The number of nitrogens with one attached hydrogen (secondary N) is 1. The molecule has 2 aromatic carbocycles. The number of thiazole rings is 1. The maximum atomic E-state index is 12.2. The number of hydrogen-bond donors (Lipinski definition) is 1. The number of benzene rings is 2. The van der Waals surface area contributed by atoms with Gasteiger partial charge >= 0.3 is 0 Å². The average Bonchev–Trinajstić information content (AvgIpc) is 3.09. The highest BCUT2D eigenvalue weighted by molar-refractivity contribution is 7.13. The second-order valence-electron chi connectivity index (χ2n) is 6.14. The number of aryl methyl sites for hydroxylation is 2. The molecule has 5 heteroatoms.